The fourth-order valence-corrected chi connectivity index (χ4v) is 2.86. The molecule has 0 unspecified atom stereocenters. The van der Waals surface area contributed by atoms with Crippen LogP contribution in [0.1, 0.15) is 28.5 Å². The summed E-state index contributed by atoms with van der Waals surface area (Å²) in [6.07, 6.45) is -0.441. The lowest BCUT2D eigenvalue weighted by Gasteiger charge is -2.13. The Hall–Kier alpha value is -5.31. The molecule has 0 bridgehead atoms. The number of aromatic nitrogens is 6. The molecule has 3 aromatic heterocycles. The van der Waals surface area contributed by atoms with Crippen LogP contribution in [0.4, 0.5) is 19.0 Å². The second kappa shape index (κ2) is 9.67. The normalized spacial score (nSPS) is 12.3. The van der Waals surface area contributed by atoms with E-state index in [9.17, 15) is 23.2 Å². The van der Waals surface area contributed by atoms with Crippen molar-refractivity contribution in [3.05, 3.63) is 64.9 Å². The number of hydrogen-bond acceptors (Lipinski definition) is 9. The molecule has 0 atom stereocenters. The number of aliphatic imine (C=N–C) groups is 1. The van der Waals surface area contributed by atoms with Gasteiger partial charge in [-0.2, -0.15) is 39.0 Å². The Kier molecular flexibility index (Phi) is 6.72. The molecule has 0 aliphatic rings. The molecule has 3 aromatic rings. The van der Waals surface area contributed by atoms with E-state index in [1.165, 1.54) is 31.5 Å². The number of carbonyl (C=O) groups is 1. The number of alkyl halides is 3. The first kappa shape index (κ1) is 24.3. The summed E-state index contributed by atoms with van der Waals surface area (Å²) < 4.78 is 42.1. The third-order valence-corrected chi connectivity index (χ3v) is 4.32. The van der Waals surface area contributed by atoms with Gasteiger partial charge in [0.05, 0.1) is 29.7 Å². The molecule has 176 valence electrons. The number of nitrogens with zero attached hydrogens (tertiary/aromatic N) is 9. The topological polar surface area (TPSA) is 176 Å². The molecular formula is C20H14F3N11O. The molecule has 0 radical (unpaired) electrons. The van der Waals surface area contributed by atoms with Gasteiger partial charge in [-0.05, 0) is 31.9 Å². The minimum Gasteiger partial charge on any atom is -0.383 e. The molecule has 15 heteroatoms. The van der Waals surface area contributed by atoms with Crippen molar-refractivity contribution in [2.24, 2.45) is 4.99 Å². The first-order chi connectivity index (χ1) is 16.6. The van der Waals surface area contributed by atoms with E-state index in [2.05, 4.69) is 37.3 Å². The van der Waals surface area contributed by atoms with Crippen molar-refractivity contribution in [3.63, 3.8) is 0 Å². The van der Waals surface area contributed by atoms with Crippen molar-refractivity contribution in [2.45, 2.75) is 13.1 Å². The number of allylic oxidation sites excluding steroid dienone is 3. The SMILES string of the molecule is C=N/C(=C(C#N)\C=C(/C)NC(=O)c1cnn(-c2ccc(C#N)c(N)n2)c1C(F)(F)F)n1nccn1. The molecule has 3 N–H and O–H groups in total. The van der Waals surface area contributed by atoms with Crippen molar-refractivity contribution in [3.8, 4) is 18.0 Å². The summed E-state index contributed by atoms with van der Waals surface area (Å²) in [5.41, 5.74) is 3.24. The quantitative estimate of drug-likeness (QED) is 0.305. The van der Waals surface area contributed by atoms with Gasteiger partial charge in [0.1, 0.15) is 23.5 Å². The summed E-state index contributed by atoms with van der Waals surface area (Å²) in [4.78, 5) is 21.2. The number of amides is 1. The number of nitrogens with two attached hydrogens (primary N) is 1. The van der Waals surface area contributed by atoms with Crippen LogP contribution in [0.3, 0.4) is 0 Å². The predicted octanol–water partition coefficient (Wildman–Crippen LogP) is 2.06. The highest BCUT2D eigenvalue weighted by molar-refractivity contribution is 5.96. The molecule has 0 aromatic carbocycles. The van der Waals surface area contributed by atoms with Crippen LogP contribution in [0.5, 0.6) is 0 Å². The number of carbonyl (C=O) groups excluding carboxylic acids is 1. The maximum absolute atomic E-state index is 13.9. The Morgan fingerprint density at radius 2 is 1.94 bits per heavy atom. The largest absolute Gasteiger partial charge is 0.434 e. The highest BCUT2D eigenvalue weighted by atomic mass is 19.4. The van der Waals surface area contributed by atoms with E-state index in [0.29, 0.717) is 10.9 Å². The molecule has 0 aliphatic carbocycles. The van der Waals surface area contributed by atoms with Gasteiger partial charge >= 0.3 is 6.18 Å². The van der Waals surface area contributed by atoms with Crippen LogP contribution in [0.25, 0.3) is 11.6 Å². The molecule has 35 heavy (non-hydrogen) atoms. The van der Waals surface area contributed by atoms with E-state index in [0.717, 1.165) is 10.9 Å². The van der Waals surface area contributed by atoms with Crippen molar-refractivity contribution in [2.75, 3.05) is 5.73 Å². The smallest absolute Gasteiger partial charge is 0.383 e. The monoisotopic (exact) mass is 481 g/mol. The summed E-state index contributed by atoms with van der Waals surface area (Å²) in [6.45, 7) is 4.70. The molecule has 1 amide bonds. The van der Waals surface area contributed by atoms with Crippen molar-refractivity contribution >= 4 is 24.3 Å². The molecule has 0 saturated heterocycles. The van der Waals surface area contributed by atoms with Crippen LogP contribution >= 0.6 is 0 Å². The fourth-order valence-electron chi connectivity index (χ4n) is 2.86. The zero-order valence-electron chi connectivity index (χ0n) is 17.8. The molecular weight excluding hydrogens is 467 g/mol. The van der Waals surface area contributed by atoms with E-state index < -0.39 is 23.3 Å². The van der Waals surface area contributed by atoms with Gasteiger partial charge in [-0.15, -0.1) is 4.80 Å². The van der Waals surface area contributed by atoms with Crippen molar-refractivity contribution in [1.82, 2.24) is 35.1 Å². The lowest BCUT2D eigenvalue weighted by atomic mass is 10.2. The lowest BCUT2D eigenvalue weighted by Crippen LogP contribution is -2.25. The van der Waals surface area contributed by atoms with Crippen molar-refractivity contribution < 1.29 is 18.0 Å². The molecule has 0 aliphatic heterocycles. The molecule has 0 saturated carbocycles. The average Bonchev–Trinajstić information content (AvgIpc) is 3.49. The van der Waals surface area contributed by atoms with E-state index in [1.807, 2.05) is 6.07 Å². The Morgan fingerprint density at radius 1 is 1.26 bits per heavy atom. The number of nitrogen functional groups attached to an aromatic ring is 1. The van der Waals surface area contributed by atoms with E-state index in [-0.39, 0.29) is 34.3 Å². The third-order valence-electron chi connectivity index (χ3n) is 4.32. The van der Waals surface area contributed by atoms with Crippen LogP contribution in [0.2, 0.25) is 0 Å². The Balaban J connectivity index is 1.99. The number of halogens is 3. The molecule has 0 fully saturated rings. The third kappa shape index (κ3) is 5.04. The summed E-state index contributed by atoms with van der Waals surface area (Å²) in [5.74, 6) is -1.85. The number of nitrogens with one attached hydrogen (secondary N) is 1. The molecule has 3 rings (SSSR count). The number of pyridine rings is 1. The van der Waals surface area contributed by atoms with Crippen LogP contribution in [0, 0.1) is 22.7 Å². The van der Waals surface area contributed by atoms with Gasteiger partial charge in [0, 0.05) is 5.70 Å². The second-order valence-corrected chi connectivity index (χ2v) is 6.64. The van der Waals surface area contributed by atoms with Gasteiger partial charge in [-0.3, -0.25) is 4.79 Å². The first-order valence-corrected chi connectivity index (χ1v) is 9.40. The average molecular weight is 481 g/mol. The number of nitriles is 2. The van der Waals surface area contributed by atoms with Gasteiger partial charge < -0.3 is 11.1 Å². The number of hydrogen-bond donors (Lipinski definition) is 2. The van der Waals surface area contributed by atoms with Crippen LogP contribution in [0.15, 0.2) is 53.1 Å². The number of rotatable bonds is 6. The Labute approximate surface area is 195 Å². The van der Waals surface area contributed by atoms with Gasteiger partial charge in [0.25, 0.3) is 5.91 Å². The fraction of sp³-hybridized carbons (Fsp3) is 0.100. The van der Waals surface area contributed by atoms with Crippen LogP contribution in [-0.2, 0) is 6.18 Å². The van der Waals surface area contributed by atoms with Crippen molar-refractivity contribution in [1.29, 1.82) is 10.5 Å². The lowest BCUT2D eigenvalue weighted by molar-refractivity contribution is -0.143. The summed E-state index contributed by atoms with van der Waals surface area (Å²) in [5, 5.41) is 32.0. The molecule has 12 nitrogen and oxygen atoms in total. The van der Waals surface area contributed by atoms with Gasteiger partial charge in [0.15, 0.2) is 17.3 Å². The van der Waals surface area contributed by atoms with E-state index >= 15 is 0 Å². The predicted molar refractivity (Wildman–Crippen MR) is 115 cm³/mol. The molecule has 0 spiro atoms. The zero-order valence-corrected chi connectivity index (χ0v) is 17.8. The highest BCUT2D eigenvalue weighted by Crippen LogP contribution is 2.33. The molecule has 3 heterocycles. The summed E-state index contributed by atoms with van der Waals surface area (Å²) in [6, 6.07) is 5.88. The minimum absolute atomic E-state index is 0.0153. The van der Waals surface area contributed by atoms with E-state index in [1.54, 1.807) is 6.07 Å². The second-order valence-electron chi connectivity index (χ2n) is 6.64. The van der Waals surface area contributed by atoms with Crippen LogP contribution < -0.4 is 11.1 Å². The minimum atomic E-state index is -5.01. The van der Waals surface area contributed by atoms with Gasteiger partial charge in [-0.25, -0.2) is 14.7 Å². The highest BCUT2D eigenvalue weighted by Gasteiger charge is 2.41. The zero-order chi connectivity index (χ0) is 25.8. The number of anilines is 1. The van der Waals surface area contributed by atoms with Crippen LogP contribution in [-0.4, -0.2) is 42.4 Å². The maximum Gasteiger partial charge on any atom is 0.434 e. The standard InChI is InChI=1S/C20H14F3N11O/c1-11(7-13(9-25)18(27-2)34-28-5-6-29-34)31-19(35)14-10-30-33(16(14)20(21,22)23)15-4-3-12(8-24)17(26)32-15/h3-7,10H,2H2,1H3,(H2,26,32)(H,31,35)/b11-7+,18-13-. The van der Waals surface area contributed by atoms with Gasteiger partial charge in [-0.1, -0.05) is 0 Å². The summed E-state index contributed by atoms with van der Waals surface area (Å²) in [7, 11) is 0. The first-order valence-electron chi connectivity index (χ1n) is 9.40. The Morgan fingerprint density at radius 3 is 2.49 bits per heavy atom. The van der Waals surface area contributed by atoms with Gasteiger partial charge in [0.2, 0.25) is 0 Å². The summed E-state index contributed by atoms with van der Waals surface area (Å²) >= 11 is 0. The maximum atomic E-state index is 13.9. The Bertz CT molecular complexity index is 1430. The van der Waals surface area contributed by atoms with E-state index in [4.69, 9.17) is 11.0 Å².